The molecule has 0 saturated heterocycles. The summed E-state index contributed by atoms with van der Waals surface area (Å²) in [5.41, 5.74) is 4.85. The van der Waals surface area contributed by atoms with Gasteiger partial charge in [-0.15, -0.1) is 0 Å². The summed E-state index contributed by atoms with van der Waals surface area (Å²) in [5, 5.41) is 26.4. The van der Waals surface area contributed by atoms with Crippen LogP contribution in [0.15, 0.2) is 6.07 Å². The summed E-state index contributed by atoms with van der Waals surface area (Å²) < 4.78 is 0. The van der Waals surface area contributed by atoms with E-state index in [1.807, 2.05) is 13.0 Å². The Labute approximate surface area is 234 Å². The second-order valence-electron chi connectivity index (χ2n) is 13.1. The number of carbonyl (C=O) groups excluding carboxylic acids is 5. The number of likely N-dealkylation sites (N-methyl/N-ethyl adjacent to an activating group) is 1. The number of aromatic hydroxyl groups is 1. The molecular weight excluding hydrogens is 514 g/mol. The Morgan fingerprint density at radius 3 is 2.35 bits per heavy atom. The summed E-state index contributed by atoms with van der Waals surface area (Å²) in [6, 6.07) is 0.803. The average Bonchev–Trinajstić information content (AvgIpc) is 2.83. The minimum absolute atomic E-state index is 0.000717. The fraction of sp³-hybridized carbons (Fsp3) is 0.633. The molecule has 3 aliphatic carbocycles. The molecule has 0 bridgehead atoms. The Morgan fingerprint density at radius 1 is 1.15 bits per heavy atom. The lowest BCUT2D eigenvalue weighted by Gasteiger charge is -2.52. The van der Waals surface area contributed by atoms with Crippen molar-refractivity contribution >= 4 is 29.0 Å². The van der Waals surface area contributed by atoms with E-state index < -0.39 is 64.4 Å². The van der Waals surface area contributed by atoms with E-state index in [0.717, 1.165) is 12.0 Å². The van der Waals surface area contributed by atoms with Gasteiger partial charge in [-0.25, -0.2) is 0 Å². The number of rotatable bonds is 7. The molecule has 10 heteroatoms. The molecule has 2 fully saturated rings. The smallest absolute Gasteiger partial charge is 0.235 e. The fourth-order valence-corrected chi connectivity index (χ4v) is 7.01. The van der Waals surface area contributed by atoms with Crippen molar-refractivity contribution in [2.45, 2.75) is 71.6 Å². The van der Waals surface area contributed by atoms with Crippen LogP contribution in [-0.4, -0.2) is 76.4 Å². The highest BCUT2D eigenvalue weighted by Crippen LogP contribution is 2.51. The molecule has 2 unspecified atom stereocenters. The molecule has 1 aromatic rings. The third-order valence-corrected chi connectivity index (χ3v) is 8.72. The first-order valence-electron chi connectivity index (χ1n) is 14.0. The van der Waals surface area contributed by atoms with Crippen LogP contribution < -0.4 is 11.1 Å². The zero-order valence-corrected chi connectivity index (χ0v) is 24.2. The molecule has 0 radical (unpaired) electrons. The largest absolute Gasteiger partial charge is 0.507 e. The summed E-state index contributed by atoms with van der Waals surface area (Å²) in [7, 11) is 3.14. The van der Waals surface area contributed by atoms with Crippen molar-refractivity contribution in [3.05, 3.63) is 28.3 Å². The SMILES string of the molecule is CCCc1cc(CNCC(C)(C)C)c(O)c2c1C[C@@H]1C[C@@H]3[C@@H](N(C)C)C(=O)C(C(N)=O)C(=O)[C@]3(O)C(=O)C1C2=O. The van der Waals surface area contributed by atoms with Crippen LogP contribution in [0, 0.1) is 29.1 Å². The second-order valence-corrected chi connectivity index (χ2v) is 13.1. The minimum Gasteiger partial charge on any atom is -0.507 e. The first-order valence-corrected chi connectivity index (χ1v) is 14.0. The maximum atomic E-state index is 14.0. The molecule has 1 aromatic carbocycles. The maximum absolute atomic E-state index is 14.0. The predicted octanol–water partition coefficient (Wildman–Crippen LogP) is 0.955. The van der Waals surface area contributed by atoms with Gasteiger partial charge in [0.2, 0.25) is 5.91 Å². The Morgan fingerprint density at radius 2 is 1.80 bits per heavy atom. The second kappa shape index (κ2) is 10.5. The number of primary amides is 1. The van der Waals surface area contributed by atoms with Gasteiger partial charge >= 0.3 is 0 Å². The Balaban J connectivity index is 1.81. The first-order chi connectivity index (χ1) is 18.6. The van der Waals surface area contributed by atoms with E-state index in [2.05, 4.69) is 26.1 Å². The van der Waals surface area contributed by atoms with E-state index in [0.29, 0.717) is 30.6 Å². The molecule has 2 saturated carbocycles. The molecule has 6 atom stereocenters. The van der Waals surface area contributed by atoms with E-state index in [1.165, 1.54) is 4.90 Å². The lowest BCUT2D eigenvalue weighted by Crippen LogP contribution is -2.74. The minimum atomic E-state index is -2.72. The quantitative estimate of drug-likeness (QED) is 0.358. The number of fused-ring (bicyclic) bond motifs is 3. The van der Waals surface area contributed by atoms with Gasteiger partial charge in [0.25, 0.3) is 0 Å². The van der Waals surface area contributed by atoms with Gasteiger partial charge in [-0.3, -0.25) is 28.9 Å². The average molecular weight is 556 g/mol. The monoisotopic (exact) mass is 555 g/mol. The number of aryl methyl sites for hydroxylation is 1. The summed E-state index contributed by atoms with van der Waals surface area (Å²) in [6.45, 7) is 9.25. The van der Waals surface area contributed by atoms with Crippen LogP contribution in [-0.2, 0) is 38.6 Å². The molecule has 218 valence electrons. The Bertz CT molecular complexity index is 1280. The number of aliphatic hydroxyl groups is 1. The number of nitrogens with zero attached hydrogens (tertiary/aromatic N) is 1. The fourth-order valence-electron chi connectivity index (χ4n) is 7.01. The number of amides is 1. The standard InChI is InChI=1S/C30H41N3O7/c1-7-8-14-9-16(12-32-13-29(2,3)4)23(34)20-17(14)10-15-11-18-22(33(5)6)25(36)21(28(31)39)27(38)30(18,40)26(37)19(15)24(20)35/h9,15,18-19,21-22,32,34,40H,7-8,10-13H2,1-6H3,(H2,31,39)/t15-,18-,19?,21?,22-,30-/m1/s1. The molecule has 0 spiro atoms. The van der Waals surface area contributed by atoms with E-state index >= 15 is 0 Å². The summed E-state index contributed by atoms with van der Waals surface area (Å²) in [6.07, 6.45) is 1.80. The molecule has 4 rings (SSSR count). The van der Waals surface area contributed by atoms with Crippen LogP contribution >= 0.6 is 0 Å². The zero-order valence-electron chi connectivity index (χ0n) is 24.2. The topological polar surface area (TPSA) is 167 Å². The van der Waals surface area contributed by atoms with Crippen molar-refractivity contribution in [2.24, 2.45) is 34.8 Å². The lowest BCUT2D eigenvalue weighted by atomic mass is 9.52. The summed E-state index contributed by atoms with van der Waals surface area (Å²) >= 11 is 0. The van der Waals surface area contributed by atoms with Crippen LogP contribution in [0.2, 0.25) is 0 Å². The van der Waals surface area contributed by atoms with Gasteiger partial charge < -0.3 is 21.3 Å². The normalized spacial score (nSPS) is 30.2. The third-order valence-electron chi connectivity index (χ3n) is 8.72. The highest BCUT2D eigenvalue weighted by molar-refractivity contribution is 6.32. The molecule has 0 aliphatic heterocycles. The van der Waals surface area contributed by atoms with Crippen molar-refractivity contribution < 1.29 is 34.2 Å². The number of hydrogen-bond acceptors (Lipinski definition) is 9. The molecule has 40 heavy (non-hydrogen) atoms. The van der Waals surface area contributed by atoms with Crippen molar-refractivity contribution in [2.75, 3.05) is 20.6 Å². The molecule has 10 nitrogen and oxygen atoms in total. The van der Waals surface area contributed by atoms with Gasteiger partial charge in [-0.2, -0.15) is 0 Å². The number of nitrogens with two attached hydrogens (primary N) is 1. The number of benzene rings is 1. The van der Waals surface area contributed by atoms with Gasteiger partial charge in [0, 0.05) is 24.6 Å². The Hall–Kier alpha value is -2.95. The summed E-state index contributed by atoms with van der Waals surface area (Å²) in [4.78, 5) is 68.3. The number of nitrogens with one attached hydrogen (secondary N) is 1. The van der Waals surface area contributed by atoms with Crippen LogP contribution in [0.1, 0.15) is 67.6 Å². The highest BCUT2D eigenvalue weighted by atomic mass is 16.3. The maximum Gasteiger partial charge on any atom is 0.235 e. The number of ketones is 4. The van der Waals surface area contributed by atoms with Gasteiger partial charge in [0.15, 0.2) is 34.7 Å². The van der Waals surface area contributed by atoms with E-state index in [1.54, 1.807) is 14.1 Å². The summed E-state index contributed by atoms with van der Waals surface area (Å²) in [5.74, 6) is -10.2. The van der Waals surface area contributed by atoms with E-state index in [4.69, 9.17) is 5.73 Å². The van der Waals surface area contributed by atoms with E-state index in [-0.39, 0.29) is 29.6 Å². The highest BCUT2D eigenvalue weighted by Gasteiger charge is 2.69. The van der Waals surface area contributed by atoms with Crippen molar-refractivity contribution in [3.63, 3.8) is 0 Å². The van der Waals surface area contributed by atoms with Crippen LogP contribution in [0.4, 0.5) is 0 Å². The number of phenolic OH excluding ortho intramolecular Hbond substituents is 1. The first kappa shape index (κ1) is 30.0. The van der Waals surface area contributed by atoms with Crippen molar-refractivity contribution in [3.8, 4) is 5.75 Å². The number of Topliss-reactive ketones (excluding diaryl/α,β-unsaturated/α-hetero) is 4. The Kier molecular flexibility index (Phi) is 7.85. The molecule has 5 N–H and O–H groups in total. The van der Waals surface area contributed by atoms with Crippen LogP contribution in [0.3, 0.4) is 0 Å². The number of hydrogen-bond donors (Lipinski definition) is 4. The van der Waals surface area contributed by atoms with Crippen LogP contribution in [0.25, 0.3) is 0 Å². The number of phenols is 1. The third kappa shape index (κ3) is 4.69. The lowest BCUT2D eigenvalue weighted by molar-refractivity contribution is -0.181. The van der Waals surface area contributed by atoms with Gasteiger partial charge in [-0.05, 0) is 55.8 Å². The molecule has 0 heterocycles. The predicted molar refractivity (Wildman–Crippen MR) is 147 cm³/mol. The molecular formula is C30H41N3O7. The number of carbonyl (C=O) groups is 5. The molecule has 3 aliphatic rings. The van der Waals surface area contributed by atoms with Gasteiger partial charge in [-0.1, -0.05) is 40.2 Å². The van der Waals surface area contributed by atoms with Crippen LogP contribution in [0.5, 0.6) is 5.75 Å². The van der Waals surface area contributed by atoms with Crippen molar-refractivity contribution in [1.82, 2.24) is 10.2 Å². The van der Waals surface area contributed by atoms with Gasteiger partial charge in [0.05, 0.1) is 17.5 Å². The van der Waals surface area contributed by atoms with Gasteiger partial charge in [0.1, 0.15) is 5.75 Å². The molecule has 0 aromatic heterocycles. The molecule has 1 amide bonds. The van der Waals surface area contributed by atoms with Crippen molar-refractivity contribution in [1.29, 1.82) is 0 Å². The van der Waals surface area contributed by atoms with E-state index in [9.17, 15) is 34.2 Å². The zero-order chi connectivity index (χ0) is 29.9.